The topological polar surface area (TPSA) is 109 Å². The second-order valence-electron chi connectivity index (χ2n) is 10.1. The molecule has 11 heteroatoms. The summed E-state index contributed by atoms with van der Waals surface area (Å²) in [6.07, 6.45) is 3.42. The minimum absolute atomic E-state index is 0.0257. The minimum atomic E-state index is -1.19. The van der Waals surface area contributed by atoms with Crippen molar-refractivity contribution in [2.24, 2.45) is 11.8 Å². The predicted octanol–water partition coefficient (Wildman–Crippen LogP) is 0.581. The third kappa shape index (κ3) is 5.01. The van der Waals surface area contributed by atoms with Crippen molar-refractivity contribution in [3.8, 4) is 0 Å². The van der Waals surface area contributed by atoms with Crippen LogP contribution in [0, 0.1) is 11.8 Å². The number of likely N-dealkylation sites (tertiary alicyclic amines) is 1. The number of carbonyl (C=O) groups excluding carboxylic acids is 3. The monoisotopic (exact) mass is 583 g/mol. The van der Waals surface area contributed by atoms with E-state index >= 15 is 0 Å². The lowest BCUT2D eigenvalue weighted by atomic mass is 9.70. The normalized spacial score (nSPS) is 33.8. The van der Waals surface area contributed by atoms with Gasteiger partial charge < -0.3 is 29.1 Å². The zero-order valence-corrected chi connectivity index (χ0v) is 23.0. The van der Waals surface area contributed by atoms with Crippen molar-refractivity contribution in [2.45, 2.75) is 48.4 Å². The van der Waals surface area contributed by atoms with Crippen molar-refractivity contribution in [3.05, 3.63) is 25.3 Å². The van der Waals surface area contributed by atoms with E-state index in [-0.39, 0.29) is 29.9 Å². The fourth-order valence-corrected chi connectivity index (χ4v) is 7.31. The maximum Gasteiger partial charge on any atom is 0.312 e. The first-order valence-corrected chi connectivity index (χ1v) is 14.0. The zero-order valence-electron chi connectivity index (χ0n) is 21.4. The van der Waals surface area contributed by atoms with Crippen LogP contribution >= 0.6 is 15.9 Å². The number of morpholine rings is 1. The molecule has 4 fully saturated rings. The van der Waals surface area contributed by atoms with Gasteiger partial charge in [-0.05, 0) is 12.8 Å². The van der Waals surface area contributed by atoms with Gasteiger partial charge in [-0.2, -0.15) is 0 Å². The lowest BCUT2D eigenvalue weighted by molar-refractivity contribution is -0.155. The average molecular weight is 585 g/mol. The highest BCUT2D eigenvalue weighted by molar-refractivity contribution is 9.09. The summed E-state index contributed by atoms with van der Waals surface area (Å²) in [6.45, 7) is 13.4. The molecule has 4 saturated heterocycles. The van der Waals surface area contributed by atoms with E-state index in [2.05, 4.69) is 34.0 Å². The first kappa shape index (κ1) is 28.2. The summed E-state index contributed by atoms with van der Waals surface area (Å²) in [5.74, 6) is -2.83. The Labute approximate surface area is 226 Å². The number of rotatable bonds is 12. The molecule has 7 atom stereocenters. The molecule has 4 rings (SSSR count). The van der Waals surface area contributed by atoms with Crippen LogP contribution in [0.1, 0.15) is 19.8 Å². The van der Waals surface area contributed by atoms with Crippen molar-refractivity contribution in [2.75, 3.05) is 59.2 Å². The number of nitrogens with zero attached hydrogens (tertiary/aromatic N) is 3. The molecule has 206 valence electrons. The Morgan fingerprint density at radius 3 is 2.68 bits per heavy atom. The van der Waals surface area contributed by atoms with E-state index in [0.717, 1.165) is 13.1 Å². The molecule has 1 N–H and O–H groups in total. The Kier molecular flexibility index (Phi) is 9.11. The van der Waals surface area contributed by atoms with E-state index in [4.69, 9.17) is 14.2 Å². The third-order valence-corrected chi connectivity index (χ3v) is 8.95. The van der Waals surface area contributed by atoms with E-state index in [1.54, 1.807) is 11.0 Å². The molecule has 10 nitrogen and oxygen atoms in total. The minimum Gasteiger partial charge on any atom is -0.461 e. The van der Waals surface area contributed by atoms with Crippen LogP contribution < -0.4 is 0 Å². The van der Waals surface area contributed by atoms with Crippen LogP contribution in [0.15, 0.2) is 25.3 Å². The Balaban J connectivity index is 1.68. The predicted molar refractivity (Wildman–Crippen MR) is 139 cm³/mol. The molecule has 2 bridgehead atoms. The van der Waals surface area contributed by atoms with Gasteiger partial charge in [-0.1, -0.05) is 41.6 Å². The van der Waals surface area contributed by atoms with Crippen LogP contribution in [0.2, 0.25) is 0 Å². The molecule has 4 aliphatic heterocycles. The molecule has 0 aromatic rings. The van der Waals surface area contributed by atoms with E-state index in [1.807, 2.05) is 6.92 Å². The van der Waals surface area contributed by atoms with Gasteiger partial charge in [0.15, 0.2) is 0 Å². The third-order valence-electron chi connectivity index (χ3n) is 8.10. The molecular weight excluding hydrogens is 546 g/mol. The number of ether oxygens (including phenoxy) is 3. The van der Waals surface area contributed by atoms with Gasteiger partial charge in [-0.15, -0.1) is 6.58 Å². The zero-order chi connectivity index (χ0) is 26.7. The highest BCUT2D eigenvalue weighted by Crippen LogP contribution is 2.60. The van der Waals surface area contributed by atoms with Crippen molar-refractivity contribution in [1.29, 1.82) is 0 Å². The van der Waals surface area contributed by atoms with Gasteiger partial charge in [0.1, 0.15) is 18.2 Å². The summed E-state index contributed by atoms with van der Waals surface area (Å²) in [4.78, 5) is 46.7. The van der Waals surface area contributed by atoms with Crippen molar-refractivity contribution in [1.82, 2.24) is 14.7 Å². The van der Waals surface area contributed by atoms with Crippen LogP contribution in [0.5, 0.6) is 0 Å². The van der Waals surface area contributed by atoms with Gasteiger partial charge >= 0.3 is 5.97 Å². The summed E-state index contributed by atoms with van der Waals surface area (Å²) in [6, 6.07) is -1.54. The fraction of sp³-hybridized carbons (Fsp3) is 0.731. The van der Waals surface area contributed by atoms with Crippen LogP contribution in [0.3, 0.4) is 0 Å². The first-order chi connectivity index (χ1) is 17.8. The molecule has 0 radical (unpaired) electrons. The number of aliphatic hydroxyl groups is 1. The summed E-state index contributed by atoms with van der Waals surface area (Å²) >= 11 is 3.65. The number of hydrogen-bond acceptors (Lipinski definition) is 8. The van der Waals surface area contributed by atoms with Gasteiger partial charge in [0.25, 0.3) is 0 Å². The number of amides is 2. The molecule has 0 aromatic carbocycles. The second-order valence-corrected chi connectivity index (χ2v) is 11.3. The van der Waals surface area contributed by atoms with E-state index < -0.39 is 41.6 Å². The second kappa shape index (κ2) is 11.9. The van der Waals surface area contributed by atoms with Gasteiger partial charge in [-0.3, -0.25) is 19.3 Å². The van der Waals surface area contributed by atoms with Crippen LogP contribution in [0.4, 0.5) is 0 Å². The average Bonchev–Trinajstić information content (AvgIpc) is 3.50. The molecule has 1 spiro atoms. The number of aliphatic hydroxyl groups excluding tert-OH is 1. The van der Waals surface area contributed by atoms with Crippen molar-refractivity contribution >= 4 is 33.7 Å². The SMILES string of the molecule is C=CCOC(=O)[C@H]1[C@@H]2OC3(CC2Br)C(C(=O)N(CC=C)CCN2CCOCC2)N([C@@H](CC)CO)C(=O)[C@H]13. The van der Waals surface area contributed by atoms with Gasteiger partial charge in [0.2, 0.25) is 11.8 Å². The van der Waals surface area contributed by atoms with Crippen LogP contribution in [0.25, 0.3) is 0 Å². The summed E-state index contributed by atoms with van der Waals surface area (Å²) < 4.78 is 17.3. The van der Waals surface area contributed by atoms with E-state index in [0.29, 0.717) is 45.7 Å². The van der Waals surface area contributed by atoms with Crippen molar-refractivity contribution in [3.63, 3.8) is 0 Å². The maximum atomic E-state index is 14.3. The van der Waals surface area contributed by atoms with Crippen LogP contribution in [-0.2, 0) is 28.6 Å². The number of carbonyl (C=O) groups is 3. The number of esters is 1. The quantitative estimate of drug-likeness (QED) is 0.202. The first-order valence-electron chi connectivity index (χ1n) is 13.1. The summed E-state index contributed by atoms with van der Waals surface area (Å²) in [7, 11) is 0. The highest BCUT2D eigenvalue weighted by atomic mass is 79.9. The smallest absolute Gasteiger partial charge is 0.312 e. The van der Waals surface area contributed by atoms with E-state index in [1.165, 1.54) is 11.0 Å². The number of hydrogen-bond donors (Lipinski definition) is 1. The standard InChI is InChI=1S/C26H38BrN3O7/c1-4-7-29(9-8-28-10-13-35-14-11-28)24(33)22-26-15-18(27)21(37-26)19(25(34)36-12-5-2)20(26)23(32)30(22)17(6-3)16-31/h4-5,17-22,31H,1-2,6-16H2,3H3/t17-,18?,19+,20-,21+,22?,26?/m0/s1. The van der Waals surface area contributed by atoms with Gasteiger partial charge in [-0.25, -0.2) is 0 Å². The lowest BCUT2D eigenvalue weighted by Gasteiger charge is -2.39. The molecule has 4 heterocycles. The van der Waals surface area contributed by atoms with E-state index in [9.17, 15) is 19.5 Å². The Bertz CT molecular complexity index is 893. The van der Waals surface area contributed by atoms with Gasteiger partial charge in [0, 0.05) is 37.6 Å². The number of alkyl halides is 1. The fourth-order valence-electron chi connectivity index (χ4n) is 6.37. The lowest BCUT2D eigenvalue weighted by Crippen LogP contribution is -2.59. The molecule has 0 saturated carbocycles. The number of halogens is 1. The molecule has 4 aliphatic rings. The molecule has 0 aromatic heterocycles. The molecular formula is C26H38BrN3O7. The molecule has 0 aliphatic carbocycles. The number of fused-ring (bicyclic) bond motifs is 1. The summed E-state index contributed by atoms with van der Waals surface area (Å²) in [5.41, 5.74) is -1.19. The molecule has 37 heavy (non-hydrogen) atoms. The Morgan fingerprint density at radius 1 is 1.32 bits per heavy atom. The Morgan fingerprint density at radius 2 is 2.05 bits per heavy atom. The Hall–Kier alpha value is -1.79. The van der Waals surface area contributed by atoms with Crippen molar-refractivity contribution < 1.29 is 33.7 Å². The van der Waals surface area contributed by atoms with Crippen LogP contribution in [-0.4, -0.2) is 125 Å². The maximum absolute atomic E-state index is 14.3. The summed E-state index contributed by atoms with van der Waals surface area (Å²) in [5, 5.41) is 10.2. The highest BCUT2D eigenvalue weighted by Gasteiger charge is 2.77. The largest absolute Gasteiger partial charge is 0.461 e. The van der Waals surface area contributed by atoms with Gasteiger partial charge in [0.05, 0.1) is 43.8 Å². The molecule has 3 unspecified atom stereocenters. The molecule has 2 amide bonds.